The van der Waals surface area contributed by atoms with Crippen LogP contribution in [-0.2, 0) is 19.5 Å². The van der Waals surface area contributed by atoms with Crippen molar-refractivity contribution in [2.24, 2.45) is 0 Å². The molecule has 0 amide bonds. The summed E-state index contributed by atoms with van der Waals surface area (Å²) in [5.74, 6) is 1.55. The average Bonchev–Trinajstić information content (AvgIpc) is 2.81. The molecule has 2 heteroatoms. The van der Waals surface area contributed by atoms with E-state index in [4.69, 9.17) is 0 Å². The molecule has 1 rings (SSSR count). The van der Waals surface area contributed by atoms with E-state index in [-0.39, 0.29) is 0 Å². The van der Waals surface area contributed by atoms with Gasteiger partial charge in [-0.1, -0.05) is 46.5 Å². The molecule has 1 aromatic rings. The quantitative estimate of drug-likeness (QED) is 0.411. The molecule has 0 spiro atoms. The molecule has 0 N–H and O–H groups in total. The van der Waals surface area contributed by atoms with Crippen molar-refractivity contribution >= 4 is 0 Å². The highest BCUT2D eigenvalue weighted by molar-refractivity contribution is 4.84. The molecule has 19 heavy (non-hydrogen) atoms. The summed E-state index contributed by atoms with van der Waals surface area (Å²) in [6.07, 6.45) is 16.4. The standard InChI is InChI=1S/C17H33N2/c1-4-7-10-11-14-19-16-15-18(13-9-6-3)17(19)12-8-5-2/h15-16H,4-14H2,1-3H3/q+1. The highest BCUT2D eigenvalue weighted by Crippen LogP contribution is 2.06. The van der Waals surface area contributed by atoms with Crippen LogP contribution in [0.5, 0.6) is 0 Å². The second-order valence-corrected chi connectivity index (χ2v) is 5.62. The number of unbranched alkanes of at least 4 members (excludes halogenated alkanes) is 5. The normalized spacial score (nSPS) is 11.1. The molecular weight excluding hydrogens is 232 g/mol. The summed E-state index contributed by atoms with van der Waals surface area (Å²) in [6.45, 7) is 9.23. The zero-order valence-corrected chi connectivity index (χ0v) is 13.3. The summed E-state index contributed by atoms with van der Waals surface area (Å²) >= 11 is 0. The first kappa shape index (κ1) is 16.3. The van der Waals surface area contributed by atoms with Gasteiger partial charge in [0.15, 0.2) is 0 Å². The molecule has 0 aromatic carbocycles. The first-order valence-electron chi connectivity index (χ1n) is 8.40. The van der Waals surface area contributed by atoms with E-state index < -0.39 is 0 Å². The van der Waals surface area contributed by atoms with E-state index in [9.17, 15) is 0 Å². The van der Waals surface area contributed by atoms with Crippen LogP contribution in [0.3, 0.4) is 0 Å². The fourth-order valence-corrected chi connectivity index (χ4v) is 2.56. The maximum absolute atomic E-state index is 2.50. The number of aryl methyl sites for hydroxylation is 2. The molecule has 0 saturated carbocycles. The lowest BCUT2D eigenvalue weighted by atomic mass is 10.2. The van der Waals surface area contributed by atoms with Crippen molar-refractivity contribution in [3.05, 3.63) is 18.2 Å². The molecule has 1 aromatic heterocycles. The largest absolute Gasteiger partial charge is 0.256 e. The molecule has 110 valence electrons. The van der Waals surface area contributed by atoms with Gasteiger partial charge in [0.25, 0.3) is 5.82 Å². The third-order valence-corrected chi connectivity index (χ3v) is 3.85. The Hall–Kier alpha value is -0.790. The van der Waals surface area contributed by atoms with E-state index in [2.05, 4.69) is 42.3 Å². The smallest absolute Gasteiger partial charge is 0.234 e. The van der Waals surface area contributed by atoms with Crippen molar-refractivity contribution in [2.45, 2.75) is 91.6 Å². The lowest BCUT2D eigenvalue weighted by Gasteiger charge is -2.05. The van der Waals surface area contributed by atoms with Gasteiger partial charge in [0.1, 0.15) is 12.4 Å². The van der Waals surface area contributed by atoms with Crippen molar-refractivity contribution in [2.75, 3.05) is 0 Å². The van der Waals surface area contributed by atoms with Gasteiger partial charge in [-0.05, 0) is 25.7 Å². The van der Waals surface area contributed by atoms with Crippen molar-refractivity contribution in [1.82, 2.24) is 4.57 Å². The predicted octanol–water partition coefficient (Wildman–Crippen LogP) is 4.50. The van der Waals surface area contributed by atoms with Crippen LogP contribution in [0, 0.1) is 0 Å². The monoisotopic (exact) mass is 265 g/mol. The molecular formula is C17H33N2+. The number of nitrogens with zero attached hydrogens (tertiary/aromatic N) is 2. The number of hydrogen-bond acceptors (Lipinski definition) is 0. The van der Waals surface area contributed by atoms with E-state index in [1.807, 2.05) is 0 Å². The average molecular weight is 265 g/mol. The van der Waals surface area contributed by atoms with Crippen LogP contribution in [0.2, 0.25) is 0 Å². The molecule has 0 bridgehead atoms. The minimum atomic E-state index is 1.19. The van der Waals surface area contributed by atoms with Crippen LogP contribution < -0.4 is 4.57 Å². The van der Waals surface area contributed by atoms with Gasteiger partial charge in [-0.15, -0.1) is 0 Å². The zero-order chi connectivity index (χ0) is 13.9. The molecule has 0 unspecified atom stereocenters. The zero-order valence-electron chi connectivity index (χ0n) is 13.3. The maximum atomic E-state index is 2.50. The number of imidazole rings is 1. The predicted molar refractivity (Wildman–Crippen MR) is 82.3 cm³/mol. The fraction of sp³-hybridized carbons (Fsp3) is 0.824. The maximum Gasteiger partial charge on any atom is 0.256 e. The Morgan fingerprint density at radius 2 is 1.63 bits per heavy atom. The Labute approximate surface area is 119 Å². The first-order chi connectivity index (χ1) is 9.33. The fourth-order valence-electron chi connectivity index (χ4n) is 2.56. The summed E-state index contributed by atoms with van der Waals surface area (Å²) in [4.78, 5) is 0. The minimum Gasteiger partial charge on any atom is -0.234 e. The van der Waals surface area contributed by atoms with Gasteiger partial charge in [0.2, 0.25) is 0 Å². The van der Waals surface area contributed by atoms with Crippen LogP contribution in [-0.4, -0.2) is 4.57 Å². The molecule has 2 nitrogen and oxygen atoms in total. The van der Waals surface area contributed by atoms with Gasteiger partial charge in [-0.25, -0.2) is 9.13 Å². The molecule has 0 fully saturated rings. The Morgan fingerprint density at radius 1 is 0.895 bits per heavy atom. The second kappa shape index (κ2) is 10.1. The van der Waals surface area contributed by atoms with Gasteiger partial charge in [-0.3, -0.25) is 0 Å². The molecule has 0 aliphatic heterocycles. The lowest BCUT2D eigenvalue weighted by molar-refractivity contribution is -0.704. The topological polar surface area (TPSA) is 8.81 Å². The van der Waals surface area contributed by atoms with Crippen LogP contribution in [0.1, 0.15) is 78.0 Å². The van der Waals surface area contributed by atoms with Crippen LogP contribution >= 0.6 is 0 Å². The van der Waals surface area contributed by atoms with Crippen molar-refractivity contribution in [3.63, 3.8) is 0 Å². The Balaban J connectivity index is 2.58. The molecule has 0 saturated heterocycles. The van der Waals surface area contributed by atoms with Crippen LogP contribution in [0.25, 0.3) is 0 Å². The van der Waals surface area contributed by atoms with Crippen molar-refractivity contribution < 1.29 is 4.57 Å². The summed E-state index contributed by atoms with van der Waals surface area (Å²) in [6, 6.07) is 0. The SMILES string of the molecule is CCCCCC[n+]1ccn(CCCC)c1CCCC. The Bertz CT molecular complexity index is 328. The van der Waals surface area contributed by atoms with Crippen molar-refractivity contribution in [3.8, 4) is 0 Å². The van der Waals surface area contributed by atoms with E-state index >= 15 is 0 Å². The van der Waals surface area contributed by atoms with Gasteiger partial charge < -0.3 is 0 Å². The lowest BCUT2D eigenvalue weighted by Crippen LogP contribution is -2.37. The highest BCUT2D eigenvalue weighted by atomic mass is 15.1. The first-order valence-corrected chi connectivity index (χ1v) is 8.40. The number of hydrogen-bond donors (Lipinski definition) is 0. The van der Waals surface area contributed by atoms with Crippen LogP contribution in [0.4, 0.5) is 0 Å². The minimum absolute atomic E-state index is 1.19. The number of rotatable bonds is 11. The second-order valence-electron chi connectivity index (χ2n) is 5.62. The summed E-state index contributed by atoms with van der Waals surface area (Å²) in [5.41, 5.74) is 0. The van der Waals surface area contributed by atoms with Crippen molar-refractivity contribution in [1.29, 1.82) is 0 Å². The number of aromatic nitrogens is 2. The van der Waals surface area contributed by atoms with Crippen LogP contribution in [0.15, 0.2) is 12.4 Å². The van der Waals surface area contributed by atoms with E-state index in [1.165, 1.54) is 70.9 Å². The molecule has 0 aliphatic carbocycles. The third kappa shape index (κ3) is 5.80. The Morgan fingerprint density at radius 3 is 2.32 bits per heavy atom. The summed E-state index contributed by atoms with van der Waals surface area (Å²) in [5, 5.41) is 0. The Kier molecular flexibility index (Phi) is 8.61. The molecule has 0 radical (unpaired) electrons. The molecule has 1 heterocycles. The third-order valence-electron chi connectivity index (χ3n) is 3.85. The molecule has 0 aliphatic rings. The summed E-state index contributed by atoms with van der Waals surface area (Å²) < 4.78 is 4.99. The van der Waals surface area contributed by atoms with E-state index in [1.54, 1.807) is 5.82 Å². The summed E-state index contributed by atoms with van der Waals surface area (Å²) in [7, 11) is 0. The molecule has 0 atom stereocenters. The van der Waals surface area contributed by atoms with E-state index in [0.717, 1.165) is 0 Å². The highest BCUT2D eigenvalue weighted by Gasteiger charge is 2.15. The van der Waals surface area contributed by atoms with E-state index in [0.29, 0.717) is 0 Å². The van der Waals surface area contributed by atoms with Gasteiger partial charge >= 0.3 is 0 Å². The van der Waals surface area contributed by atoms with Gasteiger partial charge in [-0.2, -0.15) is 0 Å². The van der Waals surface area contributed by atoms with Gasteiger partial charge in [0, 0.05) is 6.42 Å². The van der Waals surface area contributed by atoms with Gasteiger partial charge in [0.05, 0.1) is 13.1 Å².